The van der Waals surface area contributed by atoms with E-state index in [0.29, 0.717) is 0 Å². The van der Waals surface area contributed by atoms with Crippen molar-refractivity contribution in [2.75, 3.05) is 13.2 Å². The van der Waals surface area contributed by atoms with Crippen LogP contribution in [0.4, 0.5) is 0 Å². The Hall–Kier alpha value is 0.988. The average Bonchev–Trinajstić information content (AvgIpc) is 3.14. The maximum Gasteiger partial charge on any atom is 0.197 e. The van der Waals surface area contributed by atoms with Gasteiger partial charge in [0.15, 0.2) is 16.6 Å². The quantitative estimate of drug-likeness (QED) is 0.205. The summed E-state index contributed by atoms with van der Waals surface area (Å²) in [6.45, 7) is 3.86. The van der Waals surface area contributed by atoms with Gasteiger partial charge in [-0.3, -0.25) is 0 Å². The van der Waals surface area contributed by atoms with Crippen molar-refractivity contribution in [3.63, 3.8) is 0 Å². The first kappa shape index (κ1) is 44.1. The molecular weight excluding hydrogens is 648 g/mol. The Morgan fingerprint density at radius 3 is 0.532 bits per heavy atom. The van der Waals surface area contributed by atoms with E-state index in [1.165, 1.54) is 193 Å². The molecule has 0 aromatic heterocycles. The van der Waals surface area contributed by atoms with E-state index in [2.05, 4.69) is 0 Å². The molecular formula is C40H80O4Si2Ti. The Morgan fingerprint density at radius 1 is 0.319 bits per heavy atom. The van der Waals surface area contributed by atoms with Crippen molar-refractivity contribution in [2.24, 2.45) is 0 Å². The molecule has 0 aromatic rings. The Balaban J connectivity index is 0.000000275. The van der Waals surface area contributed by atoms with Gasteiger partial charge in [-0.05, 0) is 47.1 Å². The summed E-state index contributed by atoms with van der Waals surface area (Å²) in [5.41, 5.74) is 4.60. The standard InChI is InChI=1S/2C18H34OSi.2C2H6O.Ti/c2*19-20(16-10-4-1-5-11-16,17-12-6-2-7-13-17)18-14-8-3-9-15-18;2*1-2-3;/h2*16-19H,1-15H2;2*3H,2H2,1H3;. The molecule has 6 fully saturated rings. The SMILES string of the molecule is CCO.CCO.O[Si](C1CCCCC1)(C1CCCCC1)C1CCCCC1.O[Si](C1CCCCC1)(C1CCCCC1)C1CCCCC1.[Ti]. The fraction of sp³-hybridized carbons (Fsp3) is 1.00. The van der Waals surface area contributed by atoms with Crippen molar-refractivity contribution >= 4 is 16.6 Å². The van der Waals surface area contributed by atoms with E-state index < -0.39 is 16.6 Å². The first-order valence-corrected chi connectivity index (χ1v) is 25.5. The maximum absolute atomic E-state index is 12.0. The van der Waals surface area contributed by atoms with E-state index in [1.54, 1.807) is 13.8 Å². The third kappa shape index (κ3) is 13.2. The Morgan fingerprint density at radius 2 is 0.426 bits per heavy atom. The summed E-state index contributed by atoms with van der Waals surface area (Å²) >= 11 is 0. The second kappa shape index (κ2) is 25.0. The zero-order valence-corrected chi connectivity index (χ0v) is 34.9. The van der Waals surface area contributed by atoms with Gasteiger partial charge in [-0.1, -0.05) is 193 Å². The molecule has 0 radical (unpaired) electrons. The average molecular weight is 729 g/mol. The maximum atomic E-state index is 12.0. The minimum absolute atomic E-state index is 0. The van der Waals surface area contributed by atoms with Crippen LogP contribution in [-0.4, -0.2) is 49.7 Å². The first-order valence-electron chi connectivity index (χ1n) is 21.1. The first-order chi connectivity index (χ1) is 22.5. The molecule has 6 saturated carbocycles. The summed E-state index contributed by atoms with van der Waals surface area (Å²) < 4.78 is 0. The van der Waals surface area contributed by atoms with Gasteiger partial charge in [-0.25, -0.2) is 0 Å². The molecule has 0 amide bonds. The summed E-state index contributed by atoms with van der Waals surface area (Å²) in [6.07, 6.45) is 41.8. The normalized spacial score (nSPS) is 25.1. The number of aliphatic hydroxyl groups excluding tert-OH is 2. The topological polar surface area (TPSA) is 80.9 Å². The summed E-state index contributed by atoms with van der Waals surface area (Å²) in [5.74, 6) is 0. The smallest absolute Gasteiger partial charge is 0.197 e. The van der Waals surface area contributed by atoms with Crippen LogP contribution in [0.3, 0.4) is 0 Å². The molecule has 4 N–H and O–H groups in total. The summed E-state index contributed by atoms with van der Waals surface area (Å²) in [4.78, 5) is 24.0. The van der Waals surface area contributed by atoms with E-state index in [1.807, 2.05) is 0 Å². The van der Waals surface area contributed by atoms with E-state index in [-0.39, 0.29) is 34.9 Å². The van der Waals surface area contributed by atoms with Gasteiger partial charge >= 0.3 is 0 Å². The van der Waals surface area contributed by atoms with Crippen LogP contribution in [0.15, 0.2) is 0 Å². The molecule has 0 heterocycles. The molecule has 6 aliphatic carbocycles. The van der Waals surface area contributed by atoms with Crippen molar-refractivity contribution in [3.05, 3.63) is 0 Å². The van der Waals surface area contributed by atoms with Gasteiger partial charge in [-0.2, -0.15) is 0 Å². The number of hydrogen-bond acceptors (Lipinski definition) is 4. The molecule has 276 valence electrons. The van der Waals surface area contributed by atoms with Crippen LogP contribution in [0.25, 0.3) is 0 Å². The van der Waals surface area contributed by atoms with Gasteiger partial charge < -0.3 is 19.8 Å². The van der Waals surface area contributed by atoms with E-state index in [4.69, 9.17) is 10.2 Å². The van der Waals surface area contributed by atoms with Gasteiger partial charge in [0.1, 0.15) is 0 Å². The molecule has 0 aromatic carbocycles. The monoisotopic (exact) mass is 729 g/mol. The second-order valence-electron chi connectivity index (χ2n) is 16.4. The van der Waals surface area contributed by atoms with Gasteiger partial charge in [0.2, 0.25) is 0 Å². The molecule has 47 heavy (non-hydrogen) atoms. The second-order valence-corrected chi connectivity index (χ2v) is 24.9. The molecule has 6 rings (SSSR count). The van der Waals surface area contributed by atoms with Crippen molar-refractivity contribution in [1.29, 1.82) is 0 Å². The minimum Gasteiger partial charge on any atom is -0.431 e. The molecule has 7 heteroatoms. The number of aliphatic hydroxyl groups is 2. The summed E-state index contributed by atoms with van der Waals surface area (Å²) in [6, 6.07) is 0. The zero-order chi connectivity index (χ0) is 33.1. The van der Waals surface area contributed by atoms with Gasteiger partial charge in [0.25, 0.3) is 0 Å². The van der Waals surface area contributed by atoms with Crippen LogP contribution in [0.2, 0.25) is 33.2 Å². The van der Waals surface area contributed by atoms with Crippen LogP contribution in [-0.2, 0) is 21.7 Å². The van der Waals surface area contributed by atoms with Crippen LogP contribution in [0.1, 0.15) is 206 Å². The predicted octanol–water partition coefficient (Wildman–Crippen LogP) is 11.8. The molecule has 0 bridgehead atoms. The van der Waals surface area contributed by atoms with E-state index >= 15 is 0 Å². The fourth-order valence-corrected chi connectivity index (χ4v) is 23.4. The van der Waals surface area contributed by atoms with Crippen LogP contribution >= 0.6 is 0 Å². The molecule has 0 aliphatic heterocycles. The summed E-state index contributed by atoms with van der Waals surface area (Å²) in [7, 11) is -4.09. The molecule has 0 atom stereocenters. The minimum atomic E-state index is -2.05. The fourth-order valence-electron chi connectivity index (χ4n) is 11.4. The zero-order valence-electron chi connectivity index (χ0n) is 31.4. The third-order valence-electron chi connectivity index (χ3n) is 13.6. The molecule has 0 spiro atoms. The van der Waals surface area contributed by atoms with Gasteiger partial charge in [0.05, 0.1) is 0 Å². The van der Waals surface area contributed by atoms with Crippen molar-refractivity contribution in [3.8, 4) is 0 Å². The summed E-state index contributed by atoms with van der Waals surface area (Å²) in [5, 5.41) is 15.1. The predicted molar refractivity (Wildman–Crippen MR) is 202 cm³/mol. The van der Waals surface area contributed by atoms with Crippen molar-refractivity contribution < 1.29 is 41.5 Å². The third-order valence-corrected chi connectivity index (χ3v) is 24.9. The Labute approximate surface area is 309 Å². The molecule has 6 aliphatic rings. The van der Waals surface area contributed by atoms with Crippen molar-refractivity contribution in [1.82, 2.24) is 0 Å². The van der Waals surface area contributed by atoms with Crippen LogP contribution in [0, 0.1) is 0 Å². The molecule has 0 unspecified atom stereocenters. The van der Waals surface area contributed by atoms with Gasteiger partial charge in [-0.15, -0.1) is 0 Å². The molecule has 4 nitrogen and oxygen atoms in total. The number of rotatable bonds is 6. The Kier molecular flexibility index (Phi) is 23.5. The van der Waals surface area contributed by atoms with Crippen LogP contribution < -0.4 is 0 Å². The molecule has 0 saturated heterocycles. The van der Waals surface area contributed by atoms with E-state index in [9.17, 15) is 9.59 Å². The number of hydrogen-bond donors (Lipinski definition) is 4. The van der Waals surface area contributed by atoms with Gasteiger partial charge in [0, 0.05) is 34.9 Å². The van der Waals surface area contributed by atoms with E-state index in [0.717, 1.165) is 33.2 Å². The van der Waals surface area contributed by atoms with Crippen molar-refractivity contribution in [2.45, 2.75) is 240 Å². The van der Waals surface area contributed by atoms with Crippen LogP contribution in [0.5, 0.6) is 0 Å². The Bertz CT molecular complexity index is 583. The largest absolute Gasteiger partial charge is 0.431 e.